The zero-order valence-corrected chi connectivity index (χ0v) is 14.6. The molecule has 0 unspecified atom stereocenters. The van der Waals surface area contributed by atoms with Crippen molar-refractivity contribution < 1.29 is 18.7 Å². The molecule has 0 aromatic heterocycles. The van der Waals surface area contributed by atoms with Crippen LogP contribution in [-0.4, -0.2) is 43.0 Å². The minimum Gasteiger partial charge on any atom is -0.465 e. The number of amides is 1. The molecule has 1 heterocycles. The molecule has 0 spiro atoms. The highest BCUT2D eigenvalue weighted by Crippen LogP contribution is 2.19. The van der Waals surface area contributed by atoms with Crippen molar-refractivity contribution >= 4 is 17.6 Å². The second-order valence-electron chi connectivity index (χ2n) is 6.31. The zero-order chi connectivity index (χ0) is 18.5. The van der Waals surface area contributed by atoms with E-state index in [1.54, 1.807) is 41.3 Å². The molecule has 6 heteroatoms. The fraction of sp³-hybridized carbons (Fsp3) is 0.300. The smallest absolute Gasteiger partial charge is 0.337 e. The summed E-state index contributed by atoms with van der Waals surface area (Å²) in [5.74, 6) is -0.850. The molecule has 1 fully saturated rings. The van der Waals surface area contributed by atoms with Crippen LogP contribution in [0.5, 0.6) is 0 Å². The number of ether oxygens (including phenoxy) is 1. The van der Waals surface area contributed by atoms with Gasteiger partial charge in [0, 0.05) is 30.4 Å². The average molecular weight is 356 g/mol. The predicted molar refractivity (Wildman–Crippen MR) is 96.7 cm³/mol. The lowest BCUT2D eigenvalue weighted by Crippen LogP contribution is -2.45. The summed E-state index contributed by atoms with van der Waals surface area (Å²) < 4.78 is 17.7. The van der Waals surface area contributed by atoms with Gasteiger partial charge in [0.15, 0.2) is 0 Å². The number of methoxy groups -OCH3 is 1. The molecule has 1 amide bonds. The van der Waals surface area contributed by atoms with E-state index in [4.69, 9.17) is 4.74 Å². The molecule has 1 aliphatic heterocycles. The minimum absolute atomic E-state index is 0.0990. The van der Waals surface area contributed by atoms with Gasteiger partial charge in [0.25, 0.3) is 5.91 Å². The van der Waals surface area contributed by atoms with Crippen LogP contribution in [-0.2, 0) is 4.74 Å². The SMILES string of the molecule is COC(=O)c1cccc(C(=O)N2CCC[C@H](Nc3ccc(F)cc3)C2)c1. The fourth-order valence-electron chi connectivity index (χ4n) is 3.14. The Balaban J connectivity index is 1.68. The maximum Gasteiger partial charge on any atom is 0.337 e. The van der Waals surface area contributed by atoms with E-state index < -0.39 is 5.97 Å². The van der Waals surface area contributed by atoms with E-state index in [0.717, 1.165) is 18.5 Å². The highest BCUT2D eigenvalue weighted by atomic mass is 19.1. The van der Waals surface area contributed by atoms with Crippen molar-refractivity contribution in [3.05, 3.63) is 65.5 Å². The molecule has 26 heavy (non-hydrogen) atoms. The topological polar surface area (TPSA) is 58.6 Å². The van der Waals surface area contributed by atoms with Gasteiger partial charge in [0.1, 0.15) is 5.82 Å². The summed E-state index contributed by atoms with van der Waals surface area (Å²) in [6.45, 7) is 1.22. The first-order valence-electron chi connectivity index (χ1n) is 8.56. The number of halogens is 1. The monoisotopic (exact) mass is 356 g/mol. The Morgan fingerprint density at radius 3 is 2.62 bits per heavy atom. The summed E-state index contributed by atoms with van der Waals surface area (Å²) >= 11 is 0. The number of nitrogens with zero attached hydrogens (tertiary/aromatic N) is 1. The van der Waals surface area contributed by atoms with Crippen molar-refractivity contribution in [2.45, 2.75) is 18.9 Å². The molecule has 1 aliphatic rings. The summed E-state index contributed by atoms with van der Waals surface area (Å²) in [5.41, 5.74) is 1.66. The van der Waals surface area contributed by atoms with Crippen LogP contribution in [0, 0.1) is 5.82 Å². The number of hydrogen-bond donors (Lipinski definition) is 1. The molecule has 1 saturated heterocycles. The molecular formula is C20H21FN2O3. The third-order valence-electron chi connectivity index (χ3n) is 4.45. The second kappa shape index (κ2) is 7.99. The molecule has 0 bridgehead atoms. The van der Waals surface area contributed by atoms with Gasteiger partial charge in [-0.3, -0.25) is 4.79 Å². The average Bonchev–Trinajstić information content (AvgIpc) is 2.69. The fourth-order valence-corrected chi connectivity index (χ4v) is 3.14. The van der Waals surface area contributed by atoms with E-state index in [1.807, 2.05) is 0 Å². The highest BCUT2D eigenvalue weighted by molar-refractivity contribution is 5.98. The molecule has 0 saturated carbocycles. The number of rotatable bonds is 4. The summed E-state index contributed by atoms with van der Waals surface area (Å²) in [5, 5.41) is 3.35. The quantitative estimate of drug-likeness (QED) is 0.854. The molecular weight excluding hydrogens is 335 g/mol. The standard InChI is InChI=1S/C20H21FN2O3/c1-26-20(25)15-5-2-4-14(12-15)19(24)23-11-3-6-18(13-23)22-17-9-7-16(21)8-10-17/h2,4-5,7-10,12,18,22H,3,6,11,13H2,1H3/t18-/m0/s1. The molecule has 2 aromatic carbocycles. The van der Waals surface area contributed by atoms with Crippen molar-refractivity contribution in [1.29, 1.82) is 0 Å². The largest absolute Gasteiger partial charge is 0.465 e. The van der Waals surface area contributed by atoms with Gasteiger partial charge < -0.3 is 15.0 Å². The Morgan fingerprint density at radius 1 is 1.15 bits per heavy atom. The minimum atomic E-state index is -0.464. The molecule has 1 N–H and O–H groups in total. The first-order valence-corrected chi connectivity index (χ1v) is 8.56. The maximum absolute atomic E-state index is 13.0. The van der Waals surface area contributed by atoms with Crippen LogP contribution in [0.4, 0.5) is 10.1 Å². The van der Waals surface area contributed by atoms with E-state index in [1.165, 1.54) is 19.2 Å². The van der Waals surface area contributed by atoms with Crippen molar-refractivity contribution in [3.63, 3.8) is 0 Å². The van der Waals surface area contributed by atoms with Crippen LogP contribution >= 0.6 is 0 Å². The Morgan fingerprint density at radius 2 is 1.88 bits per heavy atom. The summed E-state index contributed by atoms with van der Waals surface area (Å²) in [4.78, 5) is 26.2. The zero-order valence-electron chi connectivity index (χ0n) is 14.6. The summed E-state index contributed by atoms with van der Waals surface area (Å²) in [6.07, 6.45) is 1.81. The molecule has 0 aliphatic carbocycles. The Hall–Kier alpha value is -2.89. The van der Waals surface area contributed by atoms with E-state index >= 15 is 0 Å². The third-order valence-corrected chi connectivity index (χ3v) is 4.45. The van der Waals surface area contributed by atoms with Crippen LogP contribution in [0.15, 0.2) is 48.5 Å². The van der Waals surface area contributed by atoms with Crippen molar-refractivity contribution in [2.75, 3.05) is 25.5 Å². The first-order chi connectivity index (χ1) is 12.6. The Bertz CT molecular complexity index is 792. The lowest BCUT2D eigenvalue weighted by Gasteiger charge is -2.33. The number of carbonyl (C=O) groups is 2. The van der Waals surface area contributed by atoms with Gasteiger partial charge in [-0.05, 0) is 55.3 Å². The van der Waals surface area contributed by atoms with Crippen LogP contribution in [0.3, 0.4) is 0 Å². The van der Waals surface area contributed by atoms with Gasteiger partial charge in [-0.2, -0.15) is 0 Å². The van der Waals surface area contributed by atoms with E-state index in [0.29, 0.717) is 24.2 Å². The molecule has 1 atom stereocenters. The van der Waals surface area contributed by atoms with Crippen molar-refractivity contribution in [1.82, 2.24) is 4.90 Å². The maximum atomic E-state index is 13.0. The van der Waals surface area contributed by atoms with Crippen LogP contribution in [0.25, 0.3) is 0 Å². The van der Waals surface area contributed by atoms with Gasteiger partial charge in [0.05, 0.1) is 12.7 Å². The first kappa shape index (κ1) is 17.9. The molecule has 0 radical (unpaired) electrons. The van der Waals surface area contributed by atoms with Crippen molar-refractivity contribution in [2.24, 2.45) is 0 Å². The predicted octanol–water partition coefficient (Wildman–Crippen LogP) is 3.33. The highest BCUT2D eigenvalue weighted by Gasteiger charge is 2.25. The number of nitrogens with one attached hydrogen (secondary N) is 1. The lowest BCUT2D eigenvalue weighted by atomic mass is 10.0. The van der Waals surface area contributed by atoms with Gasteiger partial charge in [-0.1, -0.05) is 6.07 Å². The van der Waals surface area contributed by atoms with Gasteiger partial charge in [0.2, 0.25) is 0 Å². The van der Waals surface area contributed by atoms with Gasteiger partial charge in [-0.15, -0.1) is 0 Å². The molecule has 2 aromatic rings. The number of anilines is 1. The number of hydrogen-bond acceptors (Lipinski definition) is 4. The number of esters is 1. The van der Waals surface area contributed by atoms with Crippen LogP contribution < -0.4 is 5.32 Å². The van der Waals surface area contributed by atoms with E-state index in [2.05, 4.69) is 5.32 Å². The normalized spacial score (nSPS) is 16.8. The second-order valence-corrected chi connectivity index (χ2v) is 6.31. The van der Waals surface area contributed by atoms with Crippen LogP contribution in [0.2, 0.25) is 0 Å². The number of carbonyl (C=O) groups excluding carboxylic acids is 2. The number of benzene rings is 2. The van der Waals surface area contributed by atoms with E-state index in [-0.39, 0.29) is 17.8 Å². The number of likely N-dealkylation sites (tertiary alicyclic amines) is 1. The lowest BCUT2D eigenvalue weighted by molar-refractivity contribution is 0.0600. The van der Waals surface area contributed by atoms with Crippen LogP contribution in [0.1, 0.15) is 33.6 Å². The summed E-state index contributed by atoms with van der Waals surface area (Å²) in [7, 11) is 1.31. The molecule has 3 rings (SSSR count). The van der Waals surface area contributed by atoms with E-state index in [9.17, 15) is 14.0 Å². The molecule has 136 valence electrons. The number of piperidine rings is 1. The third kappa shape index (κ3) is 4.20. The van der Waals surface area contributed by atoms with Gasteiger partial charge in [-0.25, -0.2) is 9.18 Å². The van der Waals surface area contributed by atoms with Crippen molar-refractivity contribution in [3.8, 4) is 0 Å². The Kier molecular flexibility index (Phi) is 5.51. The molecule has 5 nitrogen and oxygen atoms in total. The summed E-state index contributed by atoms with van der Waals surface area (Å²) in [6, 6.07) is 12.9. The Labute approximate surface area is 151 Å². The van der Waals surface area contributed by atoms with Gasteiger partial charge >= 0.3 is 5.97 Å².